The highest BCUT2D eigenvalue weighted by Crippen LogP contribution is 2.14. The van der Waals surface area contributed by atoms with Gasteiger partial charge in [0.15, 0.2) is 0 Å². The van der Waals surface area contributed by atoms with Crippen LogP contribution >= 0.6 is 12.4 Å². The highest BCUT2D eigenvalue weighted by atomic mass is 35.5. The van der Waals surface area contributed by atoms with Gasteiger partial charge in [-0.25, -0.2) is 0 Å². The van der Waals surface area contributed by atoms with Gasteiger partial charge in [-0.3, -0.25) is 9.58 Å². The second kappa shape index (κ2) is 5.66. The molecule has 0 aliphatic carbocycles. The van der Waals surface area contributed by atoms with Crippen LogP contribution < -0.4 is 5.73 Å². The number of aromatic nitrogens is 2. The lowest BCUT2D eigenvalue weighted by molar-refractivity contribution is 0.310. The van der Waals surface area contributed by atoms with Gasteiger partial charge < -0.3 is 5.73 Å². The smallest absolute Gasteiger partial charge is 0.0527 e. The van der Waals surface area contributed by atoms with E-state index < -0.39 is 0 Å². The molecule has 5 heteroatoms. The summed E-state index contributed by atoms with van der Waals surface area (Å²) in [5.41, 5.74) is 7.18. The molecule has 0 saturated carbocycles. The minimum Gasteiger partial charge on any atom is -0.326 e. The van der Waals surface area contributed by atoms with Crippen molar-refractivity contribution in [3.63, 3.8) is 0 Å². The highest BCUT2D eigenvalue weighted by molar-refractivity contribution is 5.85. The van der Waals surface area contributed by atoms with E-state index in [1.54, 1.807) is 0 Å². The van der Waals surface area contributed by atoms with Gasteiger partial charge >= 0.3 is 0 Å². The third kappa shape index (κ3) is 2.97. The molecule has 1 aromatic rings. The summed E-state index contributed by atoms with van der Waals surface area (Å²) < 4.78 is 2.09. The molecule has 4 nitrogen and oxygen atoms in total. The molecular weight excluding hydrogens is 224 g/mol. The van der Waals surface area contributed by atoms with Crippen LogP contribution in [0, 0.1) is 0 Å². The van der Waals surface area contributed by atoms with Gasteiger partial charge in [0.2, 0.25) is 0 Å². The summed E-state index contributed by atoms with van der Waals surface area (Å²) in [6.07, 6.45) is 3.00. The molecule has 1 fully saturated rings. The Morgan fingerprint density at radius 2 is 2.31 bits per heavy atom. The SMILES string of the molecule is CC(C)n1nccc1CN1CC[C@H](N)C1.Cl. The van der Waals surface area contributed by atoms with E-state index >= 15 is 0 Å². The summed E-state index contributed by atoms with van der Waals surface area (Å²) in [7, 11) is 0. The van der Waals surface area contributed by atoms with Crippen LogP contribution in [0.3, 0.4) is 0 Å². The molecule has 2 N–H and O–H groups in total. The minimum absolute atomic E-state index is 0. The fraction of sp³-hybridized carbons (Fsp3) is 0.727. The molecule has 16 heavy (non-hydrogen) atoms. The normalized spacial score (nSPS) is 21.4. The molecule has 1 atom stereocenters. The zero-order valence-electron chi connectivity index (χ0n) is 9.97. The van der Waals surface area contributed by atoms with Gasteiger partial charge in [-0.05, 0) is 26.3 Å². The van der Waals surface area contributed by atoms with Crippen LogP contribution in [0.25, 0.3) is 0 Å². The Bertz CT molecular complexity index is 324. The molecule has 0 aromatic carbocycles. The first-order chi connectivity index (χ1) is 7.16. The van der Waals surface area contributed by atoms with Crippen molar-refractivity contribution in [2.75, 3.05) is 13.1 Å². The summed E-state index contributed by atoms with van der Waals surface area (Å²) in [4.78, 5) is 2.40. The van der Waals surface area contributed by atoms with Crippen LogP contribution in [0.5, 0.6) is 0 Å². The molecule has 0 unspecified atom stereocenters. The van der Waals surface area contributed by atoms with Crippen LogP contribution in [0.1, 0.15) is 32.0 Å². The van der Waals surface area contributed by atoms with E-state index in [1.807, 2.05) is 6.20 Å². The standard InChI is InChI=1S/C11H20N4.ClH/c1-9(2)15-11(3-5-13-15)8-14-6-4-10(12)7-14;/h3,5,9-10H,4,6-8,12H2,1-2H3;1H/t10-;/m0./s1. The third-order valence-corrected chi connectivity index (χ3v) is 2.94. The van der Waals surface area contributed by atoms with Crippen LogP contribution in [0.2, 0.25) is 0 Å². The van der Waals surface area contributed by atoms with Gasteiger partial charge in [0.05, 0.1) is 5.69 Å². The van der Waals surface area contributed by atoms with Crippen molar-refractivity contribution in [1.29, 1.82) is 0 Å². The Labute approximate surface area is 103 Å². The lowest BCUT2D eigenvalue weighted by atomic mass is 10.3. The van der Waals surface area contributed by atoms with E-state index in [-0.39, 0.29) is 12.4 Å². The monoisotopic (exact) mass is 244 g/mol. The first-order valence-electron chi connectivity index (χ1n) is 5.67. The maximum Gasteiger partial charge on any atom is 0.0527 e. The summed E-state index contributed by atoms with van der Waals surface area (Å²) in [6.45, 7) is 7.43. The van der Waals surface area contributed by atoms with Crippen LogP contribution in [-0.2, 0) is 6.54 Å². The number of nitrogens with zero attached hydrogens (tertiary/aromatic N) is 3. The molecular formula is C11H21ClN4. The molecule has 2 heterocycles. The van der Waals surface area contributed by atoms with Crippen molar-refractivity contribution < 1.29 is 0 Å². The Morgan fingerprint density at radius 3 is 2.88 bits per heavy atom. The molecule has 2 rings (SSSR count). The predicted octanol–water partition coefficient (Wildman–Crippen LogP) is 1.42. The zero-order chi connectivity index (χ0) is 10.8. The molecule has 0 amide bonds. The molecule has 1 saturated heterocycles. The van der Waals surface area contributed by atoms with Crippen LogP contribution in [-0.4, -0.2) is 33.8 Å². The number of rotatable bonds is 3. The van der Waals surface area contributed by atoms with Gasteiger partial charge in [0.1, 0.15) is 0 Å². The van der Waals surface area contributed by atoms with Crippen LogP contribution in [0.15, 0.2) is 12.3 Å². The van der Waals surface area contributed by atoms with Gasteiger partial charge in [0.25, 0.3) is 0 Å². The van der Waals surface area contributed by atoms with Gasteiger partial charge in [-0.15, -0.1) is 12.4 Å². The van der Waals surface area contributed by atoms with Crippen LogP contribution in [0.4, 0.5) is 0 Å². The van der Waals surface area contributed by atoms with Crippen molar-refractivity contribution in [2.24, 2.45) is 5.73 Å². The molecule has 92 valence electrons. The molecule has 0 spiro atoms. The zero-order valence-corrected chi connectivity index (χ0v) is 10.8. The number of hydrogen-bond donors (Lipinski definition) is 1. The molecule has 1 aromatic heterocycles. The van der Waals surface area contributed by atoms with Crippen molar-refractivity contribution in [3.8, 4) is 0 Å². The van der Waals surface area contributed by atoms with E-state index in [0.29, 0.717) is 12.1 Å². The van der Waals surface area contributed by atoms with Gasteiger partial charge in [0, 0.05) is 37.9 Å². The molecule has 0 bridgehead atoms. The Kier molecular flexibility index (Phi) is 4.77. The summed E-state index contributed by atoms with van der Waals surface area (Å²) >= 11 is 0. The first kappa shape index (κ1) is 13.5. The van der Waals surface area contributed by atoms with E-state index in [0.717, 1.165) is 26.1 Å². The molecule has 0 radical (unpaired) electrons. The van der Waals surface area contributed by atoms with Crippen molar-refractivity contribution >= 4 is 12.4 Å². The predicted molar refractivity (Wildman–Crippen MR) is 67.7 cm³/mol. The second-order valence-electron chi connectivity index (χ2n) is 4.64. The van der Waals surface area contributed by atoms with Gasteiger partial charge in [-0.1, -0.05) is 0 Å². The Morgan fingerprint density at radius 1 is 1.56 bits per heavy atom. The largest absolute Gasteiger partial charge is 0.326 e. The summed E-state index contributed by atoms with van der Waals surface area (Å²) in [6, 6.07) is 2.90. The van der Waals surface area contributed by atoms with E-state index in [1.165, 1.54) is 5.69 Å². The average molecular weight is 245 g/mol. The van der Waals surface area contributed by atoms with E-state index in [4.69, 9.17) is 5.73 Å². The van der Waals surface area contributed by atoms with Crippen molar-refractivity contribution in [3.05, 3.63) is 18.0 Å². The fourth-order valence-electron chi connectivity index (χ4n) is 2.17. The maximum atomic E-state index is 5.89. The van der Waals surface area contributed by atoms with Gasteiger partial charge in [-0.2, -0.15) is 5.10 Å². The summed E-state index contributed by atoms with van der Waals surface area (Å²) in [5, 5.41) is 4.34. The quantitative estimate of drug-likeness (QED) is 0.875. The number of hydrogen-bond acceptors (Lipinski definition) is 3. The third-order valence-electron chi connectivity index (χ3n) is 2.94. The first-order valence-corrected chi connectivity index (χ1v) is 5.67. The number of nitrogens with two attached hydrogens (primary N) is 1. The number of halogens is 1. The average Bonchev–Trinajstić information content (AvgIpc) is 2.75. The molecule has 1 aliphatic heterocycles. The minimum atomic E-state index is 0. The lowest BCUT2D eigenvalue weighted by Gasteiger charge is -2.17. The van der Waals surface area contributed by atoms with E-state index in [9.17, 15) is 0 Å². The van der Waals surface area contributed by atoms with E-state index in [2.05, 4.69) is 34.6 Å². The second-order valence-corrected chi connectivity index (χ2v) is 4.64. The topological polar surface area (TPSA) is 47.1 Å². The Balaban J connectivity index is 0.00000128. The maximum absolute atomic E-state index is 5.89. The highest BCUT2D eigenvalue weighted by Gasteiger charge is 2.20. The number of likely N-dealkylation sites (tertiary alicyclic amines) is 1. The van der Waals surface area contributed by atoms with Crippen molar-refractivity contribution in [2.45, 2.75) is 38.9 Å². The summed E-state index contributed by atoms with van der Waals surface area (Å²) in [5.74, 6) is 0. The molecule has 1 aliphatic rings. The lowest BCUT2D eigenvalue weighted by Crippen LogP contribution is -2.27. The fourth-order valence-corrected chi connectivity index (χ4v) is 2.17. The van der Waals surface area contributed by atoms with Crippen molar-refractivity contribution in [1.82, 2.24) is 14.7 Å². The Hall–Kier alpha value is -0.580.